The summed E-state index contributed by atoms with van der Waals surface area (Å²) in [5.41, 5.74) is 2.48. The highest BCUT2D eigenvalue weighted by molar-refractivity contribution is 6.52. The molecule has 19 heavy (non-hydrogen) atoms. The van der Waals surface area contributed by atoms with Crippen LogP contribution < -0.4 is 4.90 Å². The van der Waals surface area contributed by atoms with Gasteiger partial charge in [-0.1, -0.05) is 39.2 Å². The molecular weight excluding hydrogens is 238 g/mol. The fourth-order valence-corrected chi connectivity index (χ4v) is 2.49. The van der Waals surface area contributed by atoms with Gasteiger partial charge >= 0.3 is 0 Å². The van der Waals surface area contributed by atoms with E-state index in [1.54, 1.807) is 4.90 Å². The van der Waals surface area contributed by atoms with E-state index in [4.69, 9.17) is 0 Å². The molecule has 0 aromatic heterocycles. The first-order chi connectivity index (χ1) is 9.19. The molecule has 0 unspecified atom stereocenters. The van der Waals surface area contributed by atoms with E-state index in [1.807, 2.05) is 25.1 Å². The highest BCUT2D eigenvalue weighted by Crippen LogP contribution is 2.30. The number of carbonyl (C=O) groups excluding carboxylic acids is 2. The zero-order valence-corrected chi connectivity index (χ0v) is 11.7. The summed E-state index contributed by atoms with van der Waals surface area (Å²) < 4.78 is 0. The van der Waals surface area contributed by atoms with E-state index in [1.165, 1.54) is 12.8 Å². The van der Waals surface area contributed by atoms with Gasteiger partial charge in [-0.25, -0.2) is 0 Å². The van der Waals surface area contributed by atoms with Gasteiger partial charge < -0.3 is 4.90 Å². The van der Waals surface area contributed by atoms with E-state index in [0.717, 1.165) is 30.5 Å². The average Bonchev–Trinajstić information content (AvgIpc) is 2.67. The first-order valence-electron chi connectivity index (χ1n) is 7.18. The van der Waals surface area contributed by atoms with Gasteiger partial charge in [0.05, 0.1) is 11.3 Å². The molecule has 0 saturated carbocycles. The van der Waals surface area contributed by atoms with E-state index in [0.29, 0.717) is 12.1 Å². The number of anilines is 1. The predicted molar refractivity (Wildman–Crippen MR) is 76.6 cm³/mol. The molecule has 0 fully saturated rings. The minimum Gasteiger partial charge on any atom is -0.305 e. The molecule has 0 N–H and O–H groups in total. The van der Waals surface area contributed by atoms with E-state index in [-0.39, 0.29) is 11.7 Å². The lowest BCUT2D eigenvalue weighted by atomic mass is 10.1. The van der Waals surface area contributed by atoms with Crippen molar-refractivity contribution in [1.82, 2.24) is 0 Å². The molecule has 0 radical (unpaired) electrons. The second kappa shape index (κ2) is 6.00. The number of fused-ring (bicyclic) bond motifs is 1. The zero-order chi connectivity index (χ0) is 13.8. The summed E-state index contributed by atoms with van der Waals surface area (Å²) in [5.74, 6) is -0.708. The maximum Gasteiger partial charge on any atom is 0.299 e. The molecule has 3 nitrogen and oxygen atoms in total. The number of amides is 1. The van der Waals surface area contributed by atoms with Crippen molar-refractivity contribution in [3.63, 3.8) is 0 Å². The quantitative estimate of drug-likeness (QED) is 0.580. The van der Waals surface area contributed by atoms with Crippen molar-refractivity contribution in [2.75, 3.05) is 11.4 Å². The van der Waals surface area contributed by atoms with Crippen LogP contribution in [0.3, 0.4) is 0 Å². The van der Waals surface area contributed by atoms with Gasteiger partial charge in [0.15, 0.2) is 0 Å². The van der Waals surface area contributed by atoms with Crippen LogP contribution in [-0.4, -0.2) is 18.2 Å². The molecule has 1 aliphatic rings. The Morgan fingerprint density at radius 3 is 2.53 bits per heavy atom. The Bertz CT molecular complexity index is 494. The summed E-state index contributed by atoms with van der Waals surface area (Å²) in [6.45, 7) is 4.86. The SMILES string of the molecule is CCCCCCN1C(=O)C(=O)c2cc(CC)ccc21. The van der Waals surface area contributed by atoms with Crippen molar-refractivity contribution in [3.8, 4) is 0 Å². The maximum absolute atomic E-state index is 12.0. The lowest BCUT2D eigenvalue weighted by Crippen LogP contribution is -2.30. The molecule has 2 rings (SSSR count). The number of hydrogen-bond donors (Lipinski definition) is 0. The third-order valence-electron chi connectivity index (χ3n) is 3.68. The van der Waals surface area contributed by atoms with Gasteiger partial charge in [0.2, 0.25) is 0 Å². The van der Waals surface area contributed by atoms with Crippen molar-refractivity contribution in [2.45, 2.75) is 46.0 Å². The molecule has 1 aromatic carbocycles. The molecule has 1 amide bonds. The first-order valence-corrected chi connectivity index (χ1v) is 7.18. The van der Waals surface area contributed by atoms with Gasteiger partial charge in [0.25, 0.3) is 11.7 Å². The number of rotatable bonds is 6. The Labute approximate surface area is 114 Å². The first kappa shape index (κ1) is 13.8. The summed E-state index contributed by atoms with van der Waals surface area (Å²) in [6.07, 6.45) is 5.30. The minimum atomic E-state index is -0.361. The summed E-state index contributed by atoms with van der Waals surface area (Å²) in [6, 6.07) is 5.78. The van der Waals surface area contributed by atoms with Crippen molar-refractivity contribution in [2.24, 2.45) is 0 Å². The highest BCUT2D eigenvalue weighted by Gasteiger charge is 2.35. The van der Waals surface area contributed by atoms with Gasteiger partial charge in [-0.05, 0) is 30.5 Å². The molecule has 0 spiro atoms. The monoisotopic (exact) mass is 259 g/mol. The number of nitrogens with zero attached hydrogens (tertiary/aromatic N) is 1. The number of hydrogen-bond acceptors (Lipinski definition) is 2. The van der Waals surface area contributed by atoms with E-state index >= 15 is 0 Å². The standard InChI is InChI=1S/C16H21NO2/c1-3-5-6-7-10-17-14-9-8-12(4-2)11-13(14)15(18)16(17)19/h8-9,11H,3-7,10H2,1-2H3. The number of Topliss-reactive ketones (excluding diaryl/α,β-unsaturated/α-hetero) is 1. The average molecular weight is 259 g/mol. The zero-order valence-electron chi connectivity index (χ0n) is 11.7. The van der Waals surface area contributed by atoms with Crippen LogP contribution in [0.2, 0.25) is 0 Å². The van der Waals surface area contributed by atoms with Crippen LogP contribution in [-0.2, 0) is 11.2 Å². The van der Waals surface area contributed by atoms with Crippen molar-refractivity contribution in [1.29, 1.82) is 0 Å². The molecule has 0 bridgehead atoms. The molecule has 1 aliphatic heterocycles. The molecule has 3 heteroatoms. The molecule has 1 heterocycles. The molecule has 0 saturated heterocycles. The minimum absolute atomic E-state index is 0.346. The number of unbranched alkanes of at least 4 members (excludes halogenated alkanes) is 3. The highest BCUT2D eigenvalue weighted by atomic mass is 16.2. The topological polar surface area (TPSA) is 37.4 Å². The summed E-state index contributed by atoms with van der Waals surface area (Å²) in [7, 11) is 0. The Hall–Kier alpha value is -1.64. The summed E-state index contributed by atoms with van der Waals surface area (Å²) in [5, 5.41) is 0. The van der Waals surface area contributed by atoms with E-state index < -0.39 is 0 Å². The van der Waals surface area contributed by atoms with Crippen LogP contribution in [0, 0.1) is 0 Å². The van der Waals surface area contributed by atoms with Gasteiger partial charge in [-0.15, -0.1) is 0 Å². The Balaban J connectivity index is 2.15. The van der Waals surface area contributed by atoms with Crippen molar-refractivity contribution in [3.05, 3.63) is 29.3 Å². The Morgan fingerprint density at radius 1 is 1.05 bits per heavy atom. The van der Waals surface area contributed by atoms with Gasteiger partial charge in [0, 0.05) is 6.54 Å². The van der Waals surface area contributed by atoms with Crippen LogP contribution in [0.25, 0.3) is 0 Å². The van der Waals surface area contributed by atoms with Crippen molar-refractivity contribution >= 4 is 17.4 Å². The largest absolute Gasteiger partial charge is 0.305 e. The third-order valence-corrected chi connectivity index (χ3v) is 3.68. The third kappa shape index (κ3) is 2.70. The second-order valence-electron chi connectivity index (χ2n) is 5.05. The Morgan fingerprint density at radius 2 is 1.84 bits per heavy atom. The molecule has 102 valence electrons. The normalized spacial score (nSPS) is 14.1. The molecule has 0 aliphatic carbocycles. The number of aryl methyl sites for hydroxylation is 1. The molecule has 0 atom stereocenters. The van der Waals surface area contributed by atoms with Crippen LogP contribution in [0.1, 0.15) is 55.5 Å². The summed E-state index contributed by atoms with van der Waals surface area (Å²) >= 11 is 0. The lowest BCUT2D eigenvalue weighted by molar-refractivity contribution is -0.114. The fourth-order valence-electron chi connectivity index (χ4n) is 2.49. The lowest BCUT2D eigenvalue weighted by Gasteiger charge is -2.16. The van der Waals surface area contributed by atoms with Crippen LogP contribution in [0.4, 0.5) is 5.69 Å². The van der Waals surface area contributed by atoms with E-state index in [2.05, 4.69) is 6.92 Å². The van der Waals surface area contributed by atoms with Crippen molar-refractivity contribution < 1.29 is 9.59 Å². The summed E-state index contributed by atoms with van der Waals surface area (Å²) in [4.78, 5) is 25.6. The number of benzene rings is 1. The predicted octanol–water partition coefficient (Wildman–Crippen LogP) is 3.36. The molecule has 1 aromatic rings. The van der Waals surface area contributed by atoms with E-state index in [9.17, 15) is 9.59 Å². The smallest absolute Gasteiger partial charge is 0.299 e. The van der Waals surface area contributed by atoms with Crippen LogP contribution >= 0.6 is 0 Å². The van der Waals surface area contributed by atoms with Crippen LogP contribution in [0.5, 0.6) is 0 Å². The fraction of sp³-hybridized carbons (Fsp3) is 0.500. The van der Waals surface area contributed by atoms with Crippen LogP contribution in [0.15, 0.2) is 18.2 Å². The number of carbonyl (C=O) groups is 2. The number of ketones is 1. The maximum atomic E-state index is 12.0. The van der Waals surface area contributed by atoms with Gasteiger partial charge in [0.1, 0.15) is 0 Å². The second-order valence-corrected chi connectivity index (χ2v) is 5.05. The van der Waals surface area contributed by atoms with Gasteiger partial charge in [-0.3, -0.25) is 9.59 Å². The van der Waals surface area contributed by atoms with Gasteiger partial charge in [-0.2, -0.15) is 0 Å². The Kier molecular flexibility index (Phi) is 4.35. The molecular formula is C16H21NO2.